The van der Waals surface area contributed by atoms with Crippen molar-refractivity contribution >= 4 is 11.6 Å². The lowest BCUT2D eigenvalue weighted by atomic mass is 10.2. The van der Waals surface area contributed by atoms with E-state index in [9.17, 15) is 4.79 Å². The maximum absolute atomic E-state index is 11.6. The van der Waals surface area contributed by atoms with Crippen LogP contribution in [0.1, 0.15) is 24.2 Å². The average molecular weight is 219 g/mol. The number of carbonyl (C=O) groups excluding carboxylic acids is 1. The minimum Gasteiger partial charge on any atom is -0.352 e. The van der Waals surface area contributed by atoms with Gasteiger partial charge in [0.15, 0.2) is 0 Å². The predicted octanol–water partition coefficient (Wildman–Crippen LogP) is 1.26. The lowest BCUT2D eigenvalue weighted by molar-refractivity contribution is 0.0955. The Morgan fingerprint density at radius 2 is 2.31 bits per heavy atom. The van der Waals surface area contributed by atoms with E-state index in [1.54, 1.807) is 25.4 Å². The largest absolute Gasteiger partial charge is 0.352 e. The highest BCUT2D eigenvalue weighted by Crippen LogP contribution is 1.99. The first kappa shape index (κ1) is 12.2. The van der Waals surface area contributed by atoms with E-state index in [4.69, 9.17) is 0 Å². The number of aromatic nitrogens is 1. The van der Waals surface area contributed by atoms with Gasteiger partial charge in [-0.25, -0.2) is 0 Å². The van der Waals surface area contributed by atoms with Crippen LogP contribution in [0.2, 0.25) is 0 Å². The molecule has 0 aliphatic carbocycles. The van der Waals surface area contributed by atoms with Crippen LogP contribution in [-0.2, 0) is 0 Å². The maximum Gasteiger partial charge on any atom is 0.251 e. The molecule has 0 radical (unpaired) electrons. The van der Waals surface area contributed by atoms with Gasteiger partial charge in [-0.2, -0.15) is 0 Å². The van der Waals surface area contributed by atoms with E-state index in [-0.39, 0.29) is 5.91 Å². The summed E-state index contributed by atoms with van der Waals surface area (Å²) < 4.78 is 1.84. The van der Waals surface area contributed by atoms with Gasteiger partial charge in [-0.05, 0) is 26.0 Å². The molecule has 1 N–H and O–H groups in total. The van der Waals surface area contributed by atoms with Crippen LogP contribution in [0.25, 0.3) is 5.70 Å². The number of nitrogens with zero attached hydrogens (tertiary/aromatic N) is 2. The molecule has 86 valence electrons. The van der Waals surface area contributed by atoms with Gasteiger partial charge in [0.1, 0.15) is 5.49 Å². The van der Waals surface area contributed by atoms with E-state index < -0.39 is 0 Å². The van der Waals surface area contributed by atoms with E-state index >= 15 is 0 Å². The highest BCUT2D eigenvalue weighted by molar-refractivity contribution is 5.93. The van der Waals surface area contributed by atoms with Gasteiger partial charge in [0.2, 0.25) is 0 Å². The Hall–Kier alpha value is -1.84. The lowest BCUT2D eigenvalue weighted by Gasteiger charge is -2.08. The van der Waals surface area contributed by atoms with Crippen LogP contribution in [-0.4, -0.2) is 24.1 Å². The van der Waals surface area contributed by atoms with Gasteiger partial charge >= 0.3 is 0 Å². The normalized spacial score (nSPS) is 11.3. The van der Waals surface area contributed by atoms with E-state index in [0.29, 0.717) is 12.1 Å². The van der Waals surface area contributed by atoms with Gasteiger partial charge < -0.3 is 9.88 Å². The zero-order valence-electron chi connectivity index (χ0n) is 9.95. The number of amides is 1. The van der Waals surface area contributed by atoms with E-state index in [2.05, 4.69) is 16.9 Å². The molecule has 16 heavy (non-hydrogen) atoms. The van der Waals surface area contributed by atoms with Crippen LogP contribution in [0.5, 0.6) is 0 Å². The van der Waals surface area contributed by atoms with Crippen molar-refractivity contribution in [3.8, 4) is 0 Å². The van der Waals surface area contributed by atoms with Gasteiger partial charge in [-0.15, -0.1) is 0 Å². The highest BCUT2D eigenvalue weighted by Gasteiger charge is 2.04. The third kappa shape index (κ3) is 2.59. The summed E-state index contributed by atoms with van der Waals surface area (Å²) in [6.07, 6.45) is 1.80. The van der Waals surface area contributed by atoms with Gasteiger partial charge in [0.25, 0.3) is 5.91 Å². The Labute approximate surface area is 95.3 Å². The Kier molecular flexibility index (Phi) is 4.05. The van der Waals surface area contributed by atoms with Crippen LogP contribution in [0, 0.1) is 0 Å². The summed E-state index contributed by atoms with van der Waals surface area (Å²) in [7, 11) is 1.69. The summed E-state index contributed by atoms with van der Waals surface area (Å²) in [6, 6.07) is 3.51. The van der Waals surface area contributed by atoms with E-state index in [0.717, 1.165) is 11.2 Å². The molecular formula is C12H17N3O. The molecule has 1 aromatic heterocycles. The second kappa shape index (κ2) is 5.30. The second-order valence-electron chi connectivity index (χ2n) is 3.46. The van der Waals surface area contributed by atoms with Gasteiger partial charge in [-0.1, -0.05) is 6.58 Å². The first-order valence-electron chi connectivity index (χ1n) is 5.19. The molecule has 1 heterocycles. The fourth-order valence-electron chi connectivity index (χ4n) is 1.39. The molecule has 0 bridgehead atoms. The quantitative estimate of drug-likeness (QED) is 0.817. The van der Waals surface area contributed by atoms with Crippen LogP contribution in [0.3, 0.4) is 0 Å². The Morgan fingerprint density at radius 3 is 2.81 bits per heavy atom. The van der Waals surface area contributed by atoms with E-state index in [1.807, 2.05) is 18.4 Å². The predicted molar refractivity (Wildman–Crippen MR) is 64.9 cm³/mol. The van der Waals surface area contributed by atoms with Crippen molar-refractivity contribution in [3.05, 3.63) is 36.0 Å². The smallest absolute Gasteiger partial charge is 0.251 e. The lowest BCUT2D eigenvalue weighted by Crippen LogP contribution is -2.26. The van der Waals surface area contributed by atoms with Gasteiger partial charge in [-0.3, -0.25) is 9.79 Å². The number of nitrogens with one attached hydrogen (secondary N) is 1. The van der Waals surface area contributed by atoms with Crippen LogP contribution in [0.4, 0.5) is 0 Å². The molecule has 4 nitrogen and oxygen atoms in total. The molecule has 0 saturated heterocycles. The molecule has 0 spiro atoms. The van der Waals surface area contributed by atoms with Gasteiger partial charge in [0.05, 0.1) is 0 Å². The van der Waals surface area contributed by atoms with Crippen molar-refractivity contribution in [3.63, 3.8) is 0 Å². The summed E-state index contributed by atoms with van der Waals surface area (Å²) >= 11 is 0. The van der Waals surface area contributed by atoms with Gasteiger partial charge in [0, 0.05) is 31.0 Å². The third-order valence-corrected chi connectivity index (χ3v) is 2.17. The SMILES string of the molecule is C=C(C)n1ccc(C(=O)NCC)cc1=NC. The topological polar surface area (TPSA) is 46.4 Å². The van der Waals surface area contributed by atoms with E-state index in [1.165, 1.54) is 0 Å². The third-order valence-electron chi connectivity index (χ3n) is 2.17. The molecule has 4 heteroatoms. The van der Waals surface area contributed by atoms with Crippen molar-refractivity contribution in [2.45, 2.75) is 13.8 Å². The monoisotopic (exact) mass is 219 g/mol. The first-order valence-corrected chi connectivity index (χ1v) is 5.19. The maximum atomic E-state index is 11.6. The summed E-state index contributed by atoms with van der Waals surface area (Å²) in [5, 5.41) is 2.75. The number of hydrogen-bond donors (Lipinski definition) is 1. The summed E-state index contributed by atoms with van der Waals surface area (Å²) in [4.78, 5) is 15.7. The van der Waals surface area contributed by atoms with Crippen molar-refractivity contribution < 1.29 is 4.79 Å². The average Bonchev–Trinajstić information content (AvgIpc) is 2.28. The molecule has 0 unspecified atom stereocenters. The van der Waals surface area contributed by atoms with Crippen molar-refractivity contribution in [2.75, 3.05) is 13.6 Å². The molecular weight excluding hydrogens is 202 g/mol. The van der Waals surface area contributed by atoms with Crippen molar-refractivity contribution in [1.29, 1.82) is 0 Å². The Balaban J connectivity index is 3.20. The minimum atomic E-state index is -0.0822. The molecule has 0 atom stereocenters. The standard InChI is InChI=1S/C12H17N3O/c1-5-14-12(16)10-6-7-15(9(2)3)11(8-10)13-4/h6-8H,2,5H2,1,3-4H3,(H,14,16). The number of rotatable bonds is 3. The first-order chi connectivity index (χ1) is 7.60. The number of hydrogen-bond acceptors (Lipinski definition) is 2. The number of carbonyl (C=O) groups is 1. The molecule has 0 aromatic carbocycles. The Morgan fingerprint density at radius 1 is 1.62 bits per heavy atom. The molecule has 0 aliphatic rings. The molecule has 0 fully saturated rings. The molecule has 1 amide bonds. The fourth-order valence-corrected chi connectivity index (χ4v) is 1.39. The fraction of sp³-hybridized carbons (Fsp3) is 0.333. The minimum absolute atomic E-state index is 0.0822. The zero-order chi connectivity index (χ0) is 12.1. The highest BCUT2D eigenvalue weighted by atomic mass is 16.1. The van der Waals surface area contributed by atoms with Crippen LogP contribution in [0.15, 0.2) is 29.9 Å². The summed E-state index contributed by atoms with van der Waals surface area (Å²) in [5.41, 5.74) is 2.19. The Bertz CT molecular complexity index is 471. The summed E-state index contributed by atoms with van der Waals surface area (Å²) in [6.45, 7) is 8.24. The second-order valence-corrected chi connectivity index (χ2v) is 3.46. The zero-order valence-corrected chi connectivity index (χ0v) is 9.95. The summed E-state index contributed by atoms with van der Waals surface area (Å²) in [5.74, 6) is -0.0822. The van der Waals surface area contributed by atoms with Crippen molar-refractivity contribution in [1.82, 2.24) is 9.88 Å². The van der Waals surface area contributed by atoms with Crippen LogP contribution < -0.4 is 10.8 Å². The molecule has 0 aliphatic heterocycles. The molecule has 1 aromatic rings. The number of allylic oxidation sites excluding steroid dienone is 1. The van der Waals surface area contributed by atoms with Crippen molar-refractivity contribution in [2.24, 2.45) is 4.99 Å². The number of pyridine rings is 1. The molecule has 1 rings (SSSR count). The van der Waals surface area contributed by atoms with Crippen LogP contribution >= 0.6 is 0 Å². The molecule has 0 saturated carbocycles.